The van der Waals surface area contributed by atoms with E-state index < -0.39 is 12.1 Å². The summed E-state index contributed by atoms with van der Waals surface area (Å²) < 4.78 is 16.7. The van der Waals surface area contributed by atoms with Crippen LogP contribution in [0.1, 0.15) is 201 Å². The highest BCUT2D eigenvalue weighted by Gasteiger charge is 2.19. The minimum Gasteiger partial charge on any atom is -0.462 e. The van der Waals surface area contributed by atoms with E-state index in [1.54, 1.807) is 0 Å². The maximum absolute atomic E-state index is 12.8. The van der Waals surface area contributed by atoms with Crippen LogP contribution in [0.5, 0.6) is 0 Å². The first-order valence-corrected chi connectivity index (χ1v) is 26.3. The number of hydrogen-bond acceptors (Lipinski definition) is 6. The van der Waals surface area contributed by atoms with Gasteiger partial charge in [-0.15, -0.1) is 0 Å². The number of ether oxygens (including phenoxy) is 3. The van der Waals surface area contributed by atoms with E-state index in [0.717, 1.165) is 122 Å². The van der Waals surface area contributed by atoms with E-state index in [1.807, 2.05) is 0 Å². The summed E-state index contributed by atoms with van der Waals surface area (Å²) in [5.41, 5.74) is 0. The SMILES string of the molecule is CC/C=C\C/C=C\C/C=C\C/C=C\C/C=C\CCCC(=O)OC[C@@H](COC(=O)CCCCCCC/C=C\C/C=C\C/C=C\CC)OC(=O)CCC/C=C\C/C=C\C/C=C\C/C=C\CCCCC. The maximum Gasteiger partial charge on any atom is 0.306 e. The molecule has 0 spiro atoms. The summed E-state index contributed by atoms with van der Waals surface area (Å²) in [5, 5.41) is 0. The molecule has 67 heavy (non-hydrogen) atoms. The lowest BCUT2D eigenvalue weighted by Gasteiger charge is -2.18. The van der Waals surface area contributed by atoms with Crippen molar-refractivity contribution in [1.82, 2.24) is 0 Å². The number of carbonyl (C=O) groups is 3. The lowest BCUT2D eigenvalue weighted by molar-refractivity contribution is -0.167. The second kappa shape index (κ2) is 53.9. The van der Waals surface area contributed by atoms with Crippen molar-refractivity contribution in [1.29, 1.82) is 0 Å². The Morgan fingerprint density at radius 3 is 0.970 bits per heavy atom. The van der Waals surface area contributed by atoms with Gasteiger partial charge in [0, 0.05) is 19.3 Å². The summed E-state index contributed by atoms with van der Waals surface area (Å²) in [6.07, 6.45) is 77.0. The van der Waals surface area contributed by atoms with Gasteiger partial charge >= 0.3 is 17.9 Å². The number of allylic oxidation sites excluding steroid dienone is 24. The molecule has 0 aromatic heterocycles. The van der Waals surface area contributed by atoms with Crippen LogP contribution in [-0.2, 0) is 28.6 Å². The van der Waals surface area contributed by atoms with Gasteiger partial charge in [0.1, 0.15) is 13.2 Å². The highest BCUT2D eigenvalue weighted by atomic mass is 16.6. The van der Waals surface area contributed by atoms with Crippen molar-refractivity contribution >= 4 is 17.9 Å². The first kappa shape index (κ1) is 62.3. The molecule has 0 aliphatic heterocycles. The molecule has 6 heteroatoms. The molecule has 0 heterocycles. The molecule has 0 aromatic rings. The standard InChI is InChI=1S/C61H94O6/c1-4-7-10-13-16-19-22-25-28-30-33-36-39-42-45-48-51-54-60(63)66-57-58(56-65-59(62)53-50-47-44-41-38-35-32-27-24-21-18-15-12-9-6-3)67-61(64)55-52-49-46-43-40-37-34-31-29-26-23-20-17-14-11-8-5-2/h7,9-10,12,16-21,25-29,32-34,36-37,42-43,45-46,58H,4-6,8,11,13-15,22-24,30-31,35,38-41,44,47-57H2,1-3H3/b10-7-,12-9-,19-16-,20-17-,21-18-,28-25-,29-26-,32-27-,36-33-,37-34-,45-42-,46-43-/t58-/m1/s1. The van der Waals surface area contributed by atoms with Gasteiger partial charge in [-0.05, 0) is 128 Å². The Kier molecular flexibility index (Phi) is 50.1. The second-order valence-electron chi connectivity index (χ2n) is 16.7. The van der Waals surface area contributed by atoms with E-state index >= 15 is 0 Å². The van der Waals surface area contributed by atoms with E-state index in [2.05, 4.69) is 167 Å². The lowest BCUT2D eigenvalue weighted by Crippen LogP contribution is -2.30. The molecular weight excluding hydrogens is 829 g/mol. The van der Waals surface area contributed by atoms with E-state index in [9.17, 15) is 14.4 Å². The average Bonchev–Trinajstić information content (AvgIpc) is 3.33. The van der Waals surface area contributed by atoms with Crippen molar-refractivity contribution in [2.24, 2.45) is 0 Å². The Morgan fingerprint density at radius 2 is 0.597 bits per heavy atom. The minimum atomic E-state index is -0.843. The summed E-state index contributed by atoms with van der Waals surface area (Å²) in [6.45, 7) is 6.25. The number of rotatable bonds is 45. The fraction of sp³-hybridized carbons (Fsp3) is 0.557. The van der Waals surface area contributed by atoms with E-state index in [4.69, 9.17) is 14.2 Å². The molecule has 0 radical (unpaired) electrons. The average molecular weight is 923 g/mol. The number of hydrogen-bond donors (Lipinski definition) is 0. The van der Waals surface area contributed by atoms with Crippen LogP contribution in [0.15, 0.2) is 146 Å². The second-order valence-corrected chi connectivity index (χ2v) is 16.7. The van der Waals surface area contributed by atoms with Gasteiger partial charge in [-0.25, -0.2) is 0 Å². The first-order valence-electron chi connectivity index (χ1n) is 26.3. The van der Waals surface area contributed by atoms with Crippen LogP contribution in [-0.4, -0.2) is 37.2 Å². The summed E-state index contributed by atoms with van der Waals surface area (Å²) >= 11 is 0. The molecule has 1 atom stereocenters. The lowest BCUT2D eigenvalue weighted by atomic mass is 10.1. The van der Waals surface area contributed by atoms with Gasteiger partial charge in [0.15, 0.2) is 6.10 Å². The zero-order valence-electron chi connectivity index (χ0n) is 42.6. The third-order valence-corrected chi connectivity index (χ3v) is 10.3. The maximum atomic E-state index is 12.8. The molecule has 0 fully saturated rings. The molecule has 0 N–H and O–H groups in total. The fourth-order valence-electron chi connectivity index (χ4n) is 6.42. The molecule has 0 saturated carbocycles. The zero-order chi connectivity index (χ0) is 48.6. The van der Waals surface area contributed by atoms with Crippen molar-refractivity contribution in [2.75, 3.05) is 13.2 Å². The Labute approximate surface area is 410 Å². The fourth-order valence-corrected chi connectivity index (χ4v) is 6.42. The molecule has 0 saturated heterocycles. The van der Waals surface area contributed by atoms with Crippen LogP contribution in [0, 0.1) is 0 Å². The largest absolute Gasteiger partial charge is 0.462 e. The van der Waals surface area contributed by atoms with Crippen LogP contribution in [0.25, 0.3) is 0 Å². The van der Waals surface area contributed by atoms with Crippen molar-refractivity contribution < 1.29 is 28.6 Å². The topological polar surface area (TPSA) is 78.9 Å². The van der Waals surface area contributed by atoms with Crippen LogP contribution in [0.2, 0.25) is 0 Å². The van der Waals surface area contributed by atoms with Crippen molar-refractivity contribution in [3.05, 3.63) is 146 Å². The smallest absolute Gasteiger partial charge is 0.306 e. The Bertz CT molecular complexity index is 1530. The van der Waals surface area contributed by atoms with Crippen LogP contribution < -0.4 is 0 Å². The molecule has 0 aliphatic carbocycles. The molecule has 0 rings (SSSR count). The normalized spacial score (nSPS) is 13.3. The molecule has 374 valence electrons. The van der Waals surface area contributed by atoms with E-state index in [1.165, 1.54) is 25.7 Å². The molecule has 6 nitrogen and oxygen atoms in total. The molecule has 0 unspecified atom stereocenters. The Morgan fingerprint density at radius 1 is 0.313 bits per heavy atom. The zero-order valence-corrected chi connectivity index (χ0v) is 42.6. The molecule has 0 amide bonds. The van der Waals surface area contributed by atoms with Gasteiger partial charge in [0.2, 0.25) is 0 Å². The van der Waals surface area contributed by atoms with Gasteiger partial charge in [-0.1, -0.05) is 199 Å². The van der Waals surface area contributed by atoms with Crippen molar-refractivity contribution in [2.45, 2.75) is 207 Å². The van der Waals surface area contributed by atoms with Gasteiger partial charge in [-0.2, -0.15) is 0 Å². The Balaban J connectivity index is 4.63. The van der Waals surface area contributed by atoms with Crippen LogP contribution in [0.3, 0.4) is 0 Å². The minimum absolute atomic E-state index is 0.133. The highest BCUT2D eigenvalue weighted by Crippen LogP contribution is 2.11. The molecular formula is C61H94O6. The number of unbranched alkanes of at least 4 members (excludes halogenated alkanes) is 10. The molecule has 0 aromatic carbocycles. The van der Waals surface area contributed by atoms with Gasteiger partial charge < -0.3 is 14.2 Å². The van der Waals surface area contributed by atoms with Gasteiger partial charge in [-0.3, -0.25) is 14.4 Å². The number of esters is 3. The summed E-state index contributed by atoms with van der Waals surface area (Å²) in [4.78, 5) is 38.0. The highest BCUT2D eigenvalue weighted by molar-refractivity contribution is 5.71. The van der Waals surface area contributed by atoms with Gasteiger partial charge in [0.05, 0.1) is 0 Å². The summed E-state index contributed by atoms with van der Waals surface area (Å²) in [5.74, 6) is -1.08. The van der Waals surface area contributed by atoms with Crippen molar-refractivity contribution in [3.8, 4) is 0 Å². The predicted octanol–water partition coefficient (Wildman–Crippen LogP) is 17.6. The monoisotopic (exact) mass is 923 g/mol. The quantitative estimate of drug-likeness (QED) is 0.0262. The van der Waals surface area contributed by atoms with Crippen molar-refractivity contribution in [3.63, 3.8) is 0 Å². The predicted molar refractivity (Wildman–Crippen MR) is 288 cm³/mol. The molecule has 0 aliphatic rings. The molecule has 0 bridgehead atoms. The number of carbonyl (C=O) groups excluding carboxylic acids is 3. The van der Waals surface area contributed by atoms with Crippen LogP contribution in [0.4, 0.5) is 0 Å². The van der Waals surface area contributed by atoms with Gasteiger partial charge in [0.25, 0.3) is 0 Å². The summed E-state index contributed by atoms with van der Waals surface area (Å²) in [6, 6.07) is 0. The third-order valence-electron chi connectivity index (χ3n) is 10.3. The third kappa shape index (κ3) is 52.1. The summed E-state index contributed by atoms with van der Waals surface area (Å²) in [7, 11) is 0. The van der Waals surface area contributed by atoms with E-state index in [-0.39, 0.29) is 38.0 Å². The first-order chi connectivity index (χ1) is 33.0. The Hall–Kier alpha value is -4.71. The van der Waals surface area contributed by atoms with E-state index in [0.29, 0.717) is 19.3 Å². The van der Waals surface area contributed by atoms with Crippen LogP contribution >= 0.6 is 0 Å².